The number of alkyl halides is 3. The van der Waals surface area contributed by atoms with E-state index in [9.17, 15) is 22.8 Å². The SMILES string of the molecule is COC(=O)CC(NC(=O)[C@H](C)N)c1ccc(OC(F)(F)F)cc1. The number of hydrogen-bond donors (Lipinski definition) is 2. The Morgan fingerprint density at radius 1 is 1.26 bits per heavy atom. The fourth-order valence-electron chi connectivity index (χ4n) is 1.71. The normalized spacial score (nSPS) is 13.8. The first-order valence-electron chi connectivity index (χ1n) is 6.61. The van der Waals surface area contributed by atoms with Gasteiger partial charge < -0.3 is 20.5 Å². The lowest BCUT2D eigenvalue weighted by Gasteiger charge is -2.20. The van der Waals surface area contributed by atoms with Gasteiger partial charge in [0.1, 0.15) is 5.75 Å². The molecule has 0 aromatic heterocycles. The number of halogens is 3. The largest absolute Gasteiger partial charge is 0.573 e. The highest BCUT2D eigenvalue weighted by atomic mass is 19.4. The maximum absolute atomic E-state index is 12.1. The van der Waals surface area contributed by atoms with Gasteiger partial charge in [-0.25, -0.2) is 0 Å². The molecule has 6 nitrogen and oxygen atoms in total. The van der Waals surface area contributed by atoms with E-state index in [4.69, 9.17) is 5.73 Å². The second-order valence-corrected chi connectivity index (χ2v) is 4.75. The highest BCUT2D eigenvalue weighted by Gasteiger charge is 2.31. The minimum atomic E-state index is -4.80. The molecule has 1 aromatic carbocycles. The van der Waals surface area contributed by atoms with E-state index in [-0.39, 0.29) is 6.42 Å². The molecule has 128 valence electrons. The predicted molar refractivity (Wildman–Crippen MR) is 74.3 cm³/mol. The van der Waals surface area contributed by atoms with Crippen molar-refractivity contribution in [1.82, 2.24) is 5.32 Å². The van der Waals surface area contributed by atoms with Gasteiger partial charge in [-0.2, -0.15) is 0 Å². The Morgan fingerprint density at radius 2 is 1.83 bits per heavy atom. The maximum atomic E-state index is 12.1. The highest BCUT2D eigenvalue weighted by molar-refractivity contribution is 5.82. The lowest BCUT2D eigenvalue weighted by molar-refractivity contribution is -0.274. The Bertz CT molecular complexity index is 544. The highest BCUT2D eigenvalue weighted by Crippen LogP contribution is 2.25. The average Bonchev–Trinajstić information content (AvgIpc) is 2.45. The van der Waals surface area contributed by atoms with Gasteiger partial charge in [0.25, 0.3) is 0 Å². The summed E-state index contributed by atoms with van der Waals surface area (Å²) in [6.45, 7) is 1.46. The van der Waals surface area contributed by atoms with Crippen LogP contribution in [0.25, 0.3) is 0 Å². The number of hydrogen-bond acceptors (Lipinski definition) is 5. The fourth-order valence-corrected chi connectivity index (χ4v) is 1.71. The van der Waals surface area contributed by atoms with E-state index in [0.29, 0.717) is 5.56 Å². The van der Waals surface area contributed by atoms with Crippen LogP contribution in [0.5, 0.6) is 5.75 Å². The van der Waals surface area contributed by atoms with Gasteiger partial charge in [-0.3, -0.25) is 9.59 Å². The van der Waals surface area contributed by atoms with Crippen molar-refractivity contribution in [3.05, 3.63) is 29.8 Å². The van der Waals surface area contributed by atoms with Gasteiger partial charge in [0.2, 0.25) is 5.91 Å². The molecular formula is C14H17F3N2O4. The molecule has 0 saturated carbocycles. The number of nitrogens with one attached hydrogen (secondary N) is 1. The molecule has 23 heavy (non-hydrogen) atoms. The summed E-state index contributed by atoms with van der Waals surface area (Å²) >= 11 is 0. The van der Waals surface area contributed by atoms with Crippen molar-refractivity contribution < 1.29 is 32.2 Å². The first-order chi connectivity index (χ1) is 10.6. The summed E-state index contributed by atoms with van der Waals surface area (Å²) in [6, 6.07) is 3.23. The third-order valence-corrected chi connectivity index (χ3v) is 2.84. The van der Waals surface area contributed by atoms with Gasteiger partial charge >= 0.3 is 12.3 Å². The first-order valence-corrected chi connectivity index (χ1v) is 6.61. The van der Waals surface area contributed by atoms with Crippen LogP contribution in [0.4, 0.5) is 13.2 Å². The predicted octanol–water partition coefficient (Wildman–Crippen LogP) is 1.65. The summed E-state index contributed by atoms with van der Waals surface area (Å²) in [5.74, 6) is -1.50. The zero-order valence-corrected chi connectivity index (χ0v) is 12.5. The van der Waals surface area contributed by atoms with Crippen LogP contribution in [-0.2, 0) is 14.3 Å². The van der Waals surface area contributed by atoms with Gasteiger partial charge in [-0.15, -0.1) is 13.2 Å². The second-order valence-electron chi connectivity index (χ2n) is 4.75. The summed E-state index contributed by atoms with van der Waals surface area (Å²) in [5, 5.41) is 2.54. The number of methoxy groups -OCH3 is 1. The van der Waals surface area contributed by atoms with E-state index < -0.39 is 36.1 Å². The van der Waals surface area contributed by atoms with E-state index in [1.807, 2.05) is 0 Å². The third-order valence-electron chi connectivity index (χ3n) is 2.84. The number of rotatable bonds is 6. The molecule has 0 aliphatic rings. The van der Waals surface area contributed by atoms with Crippen molar-refractivity contribution in [3.63, 3.8) is 0 Å². The van der Waals surface area contributed by atoms with Crippen LogP contribution in [0.3, 0.4) is 0 Å². The Hall–Kier alpha value is -2.29. The summed E-state index contributed by atoms with van der Waals surface area (Å²) in [7, 11) is 1.19. The number of ether oxygens (including phenoxy) is 2. The quantitative estimate of drug-likeness (QED) is 0.772. The third kappa shape index (κ3) is 6.55. The summed E-state index contributed by atoms with van der Waals surface area (Å²) < 4.78 is 44.7. The van der Waals surface area contributed by atoms with Crippen molar-refractivity contribution in [3.8, 4) is 5.75 Å². The minimum Gasteiger partial charge on any atom is -0.469 e. The van der Waals surface area contributed by atoms with E-state index in [1.54, 1.807) is 0 Å². The molecule has 0 aliphatic carbocycles. The summed E-state index contributed by atoms with van der Waals surface area (Å²) in [5.41, 5.74) is 5.86. The van der Waals surface area contributed by atoms with Crippen molar-refractivity contribution in [1.29, 1.82) is 0 Å². The summed E-state index contributed by atoms with van der Waals surface area (Å²) in [4.78, 5) is 23.1. The molecule has 9 heteroatoms. The molecular weight excluding hydrogens is 317 g/mol. The summed E-state index contributed by atoms with van der Waals surface area (Å²) in [6.07, 6.45) is -4.98. The number of esters is 1. The standard InChI is InChI=1S/C14H17F3N2O4/c1-8(18)13(21)19-11(7-12(20)22-2)9-3-5-10(6-4-9)23-14(15,16)17/h3-6,8,11H,7,18H2,1-2H3,(H,19,21)/t8-,11?/m0/s1. The monoisotopic (exact) mass is 334 g/mol. The van der Waals surface area contributed by atoms with Crippen molar-refractivity contribution in [2.75, 3.05) is 7.11 Å². The first kappa shape index (κ1) is 18.8. The Morgan fingerprint density at radius 3 is 2.26 bits per heavy atom. The number of carbonyl (C=O) groups is 2. The molecule has 2 atom stereocenters. The van der Waals surface area contributed by atoms with Crippen LogP contribution in [0.15, 0.2) is 24.3 Å². The molecule has 1 amide bonds. The maximum Gasteiger partial charge on any atom is 0.573 e. The van der Waals surface area contributed by atoms with Crippen LogP contribution in [-0.4, -0.2) is 31.4 Å². The van der Waals surface area contributed by atoms with E-state index in [1.165, 1.54) is 26.2 Å². The Labute approximate surface area is 130 Å². The Balaban J connectivity index is 2.92. The molecule has 0 fully saturated rings. The topological polar surface area (TPSA) is 90.7 Å². The molecule has 3 N–H and O–H groups in total. The molecule has 0 aliphatic heterocycles. The lowest BCUT2D eigenvalue weighted by Crippen LogP contribution is -2.41. The van der Waals surface area contributed by atoms with Gasteiger partial charge in [-0.1, -0.05) is 12.1 Å². The number of amides is 1. The van der Waals surface area contributed by atoms with Gasteiger partial charge in [0.05, 0.1) is 25.6 Å². The molecule has 0 spiro atoms. The zero-order chi connectivity index (χ0) is 17.6. The van der Waals surface area contributed by atoms with Crippen LogP contribution < -0.4 is 15.8 Å². The average molecular weight is 334 g/mol. The van der Waals surface area contributed by atoms with Crippen LogP contribution in [0.2, 0.25) is 0 Å². The molecule has 1 rings (SSSR count). The molecule has 0 heterocycles. The van der Waals surface area contributed by atoms with Gasteiger partial charge in [-0.05, 0) is 24.6 Å². The molecule has 0 saturated heterocycles. The lowest BCUT2D eigenvalue weighted by atomic mass is 10.0. The van der Waals surface area contributed by atoms with E-state index in [0.717, 1.165) is 12.1 Å². The zero-order valence-electron chi connectivity index (χ0n) is 12.5. The minimum absolute atomic E-state index is 0.186. The fraction of sp³-hybridized carbons (Fsp3) is 0.429. The van der Waals surface area contributed by atoms with Crippen molar-refractivity contribution in [2.45, 2.75) is 31.8 Å². The number of carbonyl (C=O) groups excluding carboxylic acids is 2. The van der Waals surface area contributed by atoms with Gasteiger partial charge in [0.15, 0.2) is 0 Å². The van der Waals surface area contributed by atoms with E-state index >= 15 is 0 Å². The van der Waals surface area contributed by atoms with Gasteiger partial charge in [0, 0.05) is 0 Å². The molecule has 0 bridgehead atoms. The van der Waals surface area contributed by atoms with Crippen LogP contribution in [0, 0.1) is 0 Å². The Kier molecular flexibility index (Phi) is 6.38. The molecule has 0 radical (unpaired) electrons. The molecule has 1 aromatic rings. The molecule has 1 unspecified atom stereocenters. The van der Waals surface area contributed by atoms with Crippen molar-refractivity contribution >= 4 is 11.9 Å². The van der Waals surface area contributed by atoms with Crippen LogP contribution in [0.1, 0.15) is 24.9 Å². The number of benzene rings is 1. The smallest absolute Gasteiger partial charge is 0.469 e. The van der Waals surface area contributed by atoms with E-state index in [2.05, 4.69) is 14.8 Å². The van der Waals surface area contributed by atoms with Crippen molar-refractivity contribution in [2.24, 2.45) is 5.73 Å². The second kappa shape index (κ2) is 7.82. The van der Waals surface area contributed by atoms with Crippen LogP contribution >= 0.6 is 0 Å². The number of nitrogens with two attached hydrogens (primary N) is 1.